The molecule has 0 aromatic carbocycles. The zero-order chi connectivity index (χ0) is 69.0. The van der Waals surface area contributed by atoms with E-state index in [4.69, 9.17) is 18.9 Å². The maximum Gasteiger partial charge on any atom is 0.361 e. The monoisotopic (exact) mass is 1320 g/mol. The zero-order valence-electron chi connectivity index (χ0n) is 61.5. The first kappa shape index (κ1) is 89.6. The van der Waals surface area contributed by atoms with Crippen molar-refractivity contribution in [2.45, 2.75) is 309 Å². The van der Waals surface area contributed by atoms with Crippen molar-refractivity contribution in [1.29, 1.82) is 0 Å². The minimum atomic E-state index is -1.53. The lowest BCUT2D eigenvalue weighted by molar-refractivity contribution is -0.870. The first-order valence-corrected chi connectivity index (χ1v) is 38.3. The lowest BCUT2D eigenvalue weighted by Gasteiger charge is -2.25. The summed E-state index contributed by atoms with van der Waals surface area (Å²) in [5.41, 5.74) is 0. The molecule has 2 unspecified atom stereocenters. The highest BCUT2D eigenvalue weighted by atomic mass is 16.7. The highest BCUT2D eigenvalue weighted by Gasteiger charge is 2.25. The average Bonchev–Trinajstić information content (AvgIpc) is 3.58. The number of hydrogen-bond donors (Lipinski definition) is 1. The number of carboxylic acid groups (broad SMARTS) is 1. The Morgan fingerprint density at radius 2 is 0.568 bits per heavy atom. The van der Waals surface area contributed by atoms with Gasteiger partial charge in [-0.05, 0) is 128 Å². The summed E-state index contributed by atoms with van der Waals surface area (Å²) >= 11 is 0. The second kappa shape index (κ2) is 74.4. The molecule has 0 radical (unpaired) electrons. The van der Waals surface area contributed by atoms with E-state index in [-0.39, 0.29) is 38.6 Å². The van der Waals surface area contributed by atoms with Gasteiger partial charge in [0, 0.05) is 12.8 Å². The molecule has 0 saturated carbocycles. The van der Waals surface area contributed by atoms with E-state index < -0.39 is 24.3 Å². The Bertz CT molecular complexity index is 2170. The predicted octanol–water partition coefficient (Wildman–Crippen LogP) is 24.6. The summed E-state index contributed by atoms with van der Waals surface area (Å²) in [5, 5.41) is 9.77. The summed E-state index contributed by atoms with van der Waals surface area (Å²) in [6.07, 6.45) is 109. The molecule has 2 atom stereocenters. The number of hydrogen-bond acceptors (Lipinski definition) is 7. The van der Waals surface area contributed by atoms with Crippen LogP contribution in [-0.4, -0.2) is 87.4 Å². The van der Waals surface area contributed by atoms with Crippen molar-refractivity contribution in [2.24, 2.45) is 0 Å². The molecule has 0 aliphatic heterocycles. The molecule has 0 aliphatic rings. The standard InChI is InChI=1S/C86H141NO8/c1-6-8-10-12-14-16-18-20-22-24-26-28-30-32-34-36-38-40-42-44-46-48-50-52-54-56-58-60-62-64-66-68-70-72-74-76-83(88)93-80-82(81-94-86(85(90)91)92-79-78-87(3,4)5)95-84(89)77-75-73-71-69-67-65-63-61-59-57-55-53-51-49-47-45-43-41-39-37-35-33-31-29-27-25-23-21-19-17-15-13-11-9-7-2/h8-11,14-17,20-23,26-29,33,35,39,41,45,47,51,53,57,59,63,65,82,86H,6-7,12-13,18-19,24-25,30-32,34,36-38,40,42-44,46,48-50,52,54-56,58,60-62,64,66-81H2,1-5H3/p+1/b10-8-,11-9-,16-14-,17-15-,22-20-,23-21-,28-26-,29-27-,35-33-,41-39-,47-45-,53-51-,59-57-,65-63-. The number of ether oxygens (including phenoxy) is 4. The lowest BCUT2D eigenvalue weighted by Crippen LogP contribution is -2.40. The first-order valence-electron chi connectivity index (χ1n) is 38.3. The van der Waals surface area contributed by atoms with Crippen molar-refractivity contribution < 1.29 is 42.9 Å². The lowest BCUT2D eigenvalue weighted by atomic mass is 10.0. The smallest absolute Gasteiger partial charge is 0.361 e. The Labute approximate surface area is 584 Å². The number of esters is 2. The van der Waals surface area contributed by atoms with Crippen LogP contribution in [-0.2, 0) is 33.3 Å². The number of quaternary nitrogens is 1. The van der Waals surface area contributed by atoms with Crippen LogP contribution in [0.4, 0.5) is 0 Å². The van der Waals surface area contributed by atoms with Gasteiger partial charge in [0.2, 0.25) is 0 Å². The molecule has 0 aromatic rings. The largest absolute Gasteiger partial charge is 0.477 e. The first-order chi connectivity index (χ1) is 46.6. The van der Waals surface area contributed by atoms with Crippen LogP contribution in [0.1, 0.15) is 296 Å². The van der Waals surface area contributed by atoms with Gasteiger partial charge in [0.25, 0.3) is 6.29 Å². The van der Waals surface area contributed by atoms with Crippen molar-refractivity contribution in [3.63, 3.8) is 0 Å². The van der Waals surface area contributed by atoms with Gasteiger partial charge in [-0.1, -0.05) is 325 Å². The van der Waals surface area contributed by atoms with Crippen LogP contribution in [0.5, 0.6) is 0 Å². The van der Waals surface area contributed by atoms with E-state index in [2.05, 4.69) is 184 Å². The minimum Gasteiger partial charge on any atom is -0.477 e. The highest BCUT2D eigenvalue weighted by Crippen LogP contribution is 2.17. The molecule has 0 heterocycles. The molecule has 0 amide bonds. The molecule has 0 saturated heterocycles. The molecule has 9 nitrogen and oxygen atoms in total. The molecule has 9 heteroatoms. The van der Waals surface area contributed by atoms with Gasteiger partial charge < -0.3 is 28.5 Å². The third kappa shape index (κ3) is 75.9. The fraction of sp³-hybridized carbons (Fsp3) is 0.640. The van der Waals surface area contributed by atoms with Crippen LogP contribution in [0.25, 0.3) is 0 Å². The second-order valence-corrected chi connectivity index (χ2v) is 26.2. The molecule has 0 aromatic heterocycles. The number of carbonyl (C=O) groups excluding carboxylic acids is 2. The molecule has 538 valence electrons. The van der Waals surface area contributed by atoms with Crippen LogP contribution >= 0.6 is 0 Å². The summed E-state index contributed by atoms with van der Waals surface area (Å²) in [6.45, 7) is 4.63. The van der Waals surface area contributed by atoms with E-state index in [1.165, 1.54) is 128 Å². The number of allylic oxidation sites excluding steroid dienone is 28. The summed E-state index contributed by atoms with van der Waals surface area (Å²) in [5.74, 6) is -2.04. The number of aliphatic carboxylic acids is 1. The normalized spacial score (nSPS) is 13.7. The molecular formula is C86H142NO8+. The highest BCUT2D eigenvalue weighted by molar-refractivity contribution is 5.71. The van der Waals surface area contributed by atoms with Gasteiger partial charge in [-0.15, -0.1) is 0 Å². The van der Waals surface area contributed by atoms with Crippen LogP contribution in [0.2, 0.25) is 0 Å². The SMILES string of the molecule is CC/C=C\C/C=C\C/C=C\C/C=C\C/C=C\C/C=C\C/C=C\C/C=C\C/C=C\C/C=C\CCCCCCC(=O)OC(COC(=O)CCCCCCCCCCCCCCCCCCCCCCCC/C=C\C/C=C\C/C=C\C/C=C\CC)COC(OCC[N+](C)(C)C)C(=O)O. The van der Waals surface area contributed by atoms with E-state index in [0.29, 0.717) is 17.4 Å². The van der Waals surface area contributed by atoms with Crippen molar-refractivity contribution in [1.82, 2.24) is 0 Å². The quantitative estimate of drug-likeness (QED) is 0.0211. The van der Waals surface area contributed by atoms with Crippen molar-refractivity contribution in [3.05, 3.63) is 170 Å². The molecular weight excluding hydrogens is 1170 g/mol. The average molecular weight is 1320 g/mol. The van der Waals surface area contributed by atoms with Crippen molar-refractivity contribution in [3.8, 4) is 0 Å². The third-order valence-electron chi connectivity index (χ3n) is 16.0. The van der Waals surface area contributed by atoms with E-state index in [0.717, 1.165) is 135 Å². The molecule has 95 heavy (non-hydrogen) atoms. The van der Waals surface area contributed by atoms with Crippen molar-refractivity contribution in [2.75, 3.05) is 47.5 Å². The van der Waals surface area contributed by atoms with Gasteiger partial charge in [-0.25, -0.2) is 4.79 Å². The van der Waals surface area contributed by atoms with Gasteiger partial charge in [0.05, 0.1) is 34.4 Å². The predicted molar refractivity (Wildman–Crippen MR) is 410 cm³/mol. The fourth-order valence-corrected chi connectivity index (χ4v) is 10.2. The molecule has 0 spiro atoms. The topological polar surface area (TPSA) is 108 Å². The molecule has 0 bridgehead atoms. The fourth-order valence-electron chi connectivity index (χ4n) is 10.2. The number of carboxylic acids is 1. The second-order valence-electron chi connectivity index (χ2n) is 26.2. The van der Waals surface area contributed by atoms with Crippen LogP contribution in [0.3, 0.4) is 0 Å². The number of unbranched alkanes of at least 4 members (excludes halogenated alkanes) is 26. The van der Waals surface area contributed by atoms with Gasteiger partial charge in [0.1, 0.15) is 13.2 Å². The Morgan fingerprint density at radius 1 is 0.316 bits per heavy atom. The maximum atomic E-state index is 13.0. The summed E-state index contributed by atoms with van der Waals surface area (Å²) < 4.78 is 23.0. The van der Waals surface area contributed by atoms with Gasteiger partial charge >= 0.3 is 17.9 Å². The Kier molecular flexibility index (Phi) is 70.2. The zero-order valence-corrected chi connectivity index (χ0v) is 61.5. The van der Waals surface area contributed by atoms with E-state index >= 15 is 0 Å². The Morgan fingerprint density at radius 3 is 0.842 bits per heavy atom. The van der Waals surface area contributed by atoms with Gasteiger partial charge in [0.15, 0.2) is 6.10 Å². The van der Waals surface area contributed by atoms with Crippen LogP contribution < -0.4 is 0 Å². The molecule has 0 aliphatic carbocycles. The number of likely N-dealkylation sites (N-methyl/N-ethyl adjacent to an activating group) is 1. The molecule has 0 rings (SSSR count). The summed E-state index contributed by atoms with van der Waals surface area (Å²) in [6, 6.07) is 0. The van der Waals surface area contributed by atoms with Crippen LogP contribution in [0, 0.1) is 0 Å². The van der Waals surface area contributed by atoms with E-state index in [1.807, 2.05) is 21.1 Å². The van der Waals surface area contributed by atoms with Crippen molar-refractivity contribution >= 4 is 17.9 Å². The Hall–Kier alpha value is -5.35. The molecule has 1 N–H and O–H groups in total. The third-order valence-corrected chi connectivity index (χ3v) is 16.0. The number of nitrogens with zero attached hydrogens (tertiary/aromatic N) is 1. The Balaban J connectivity index is 4.15. The van der Waals surface area contributed by atoms with E-state index in [1.54, 1.807) is 0 Å². The van der Waals surface area contributed by atoms with Crippen LogP contribution in [0.15, 0.2) is 170 Å². The number of rotatable bonds is 69. The summed E-state index contributed by atoms with van der Waals surface area (Å²) in [7, 11) is 5.96. The number of carbonyl (C=O) groups is 3. The van der Waals surface area contributed by atoms with E-state index in [9.17, 15) is 19.5 Å². The van der Waals surface area contributed by atoms with Gasteiger partial charge in [-0.2, -0.15) is 0 Å². The maximum absolute atomic E-state index is 13.0. The van der Waals surface area contributed by atoms with Gasteiger partial charge in [-0.3, -0.25) is 9.59 Å². The molecule has 0 fully saturated rings. The minimum absolute atomic E-state index is 0.175. The summed E-state index contributed by atoms with van der Waals surface area (Å²) in [4.78, 5) is 37.7.